The lowest BCUT2D eigenvalue weighted by molar-refractivity contribution is -0.118. The quantitative estimate of drug-likeness (QED) is 0.612. The summed E-state index contributed by atoms with van der Waals surface area (Å²) >= 11 is 0. The van der Waals surface area contributed by atoms with Crippen LogP contribution in [0.5, 0.6) is 0 Å². The largest absolute Gasteiger partial charge is 0.355 e. The van der Waals surface area contributed by atoms with Crippen LogP contribution in [0.25, 0.3) is 0 Å². The molecular weight excluding hydrogens is 176 g/mol. The molecule has 3 nitrogen and oxygen atoms in total. The summed E-state index contributed by atoms with van der Waals surface area (Å²) in [6.45, 7) is 9.81. The molecule has 0 spiro atoms. The summed E-state index contributed by atoms with van der Waals surface area (Å²) in [7, 11) is 0. The summed E-state index contributed by atoms with van der Waals surface area (Å²) in [5.41, 5.74) is 0. The molecule has 0 aromatic rings. The summed E-state index contributed by atoms with van der Waals surface area (Å²) in [6, 6.07) is 0.540. The maximum atomic E-state index is 10.6. The van der Waals surface area contributed by atoms with Crippen molar-refractivity contribution in [3.05, 3.63) is 0 Å². The van der Waals surface area contributed by atoms with Gasteiger partial charge in [0.15, 0.2) is 0 Å². The van der Waals surface area contributed by atoms with Gasteiger partial charge in [-0.15, -0.1) is 0 Å². The van der Waals surface area contributed by atoms with E-state index >= 15 is 0 Å². The van der Waals surface area contributed by atoms with E-state index in [1.165, 1.54) is 12.8 Å². The number of hydrogen-bond acceptors (Lipinski definition) is 2. The van der Waals surface area contributed by atoms with Crippen LogP contribution in [0, 0.1) is 5.92 Å². The van der Waals surface area contributed by atoms with E-state index < -0.39 is 0 Å². The van der Waals surface area contributed by atoms with Gasteiger partial charge in [-0.25, -0.2) is 0 Å². The number of rotatable bonds is 7. The summed E-state index contributed by atoms with van der Waals surface area (Å²) in [5.74, 6) is 0.819. The molecule has 0 aromatic carbocycles. The van der Waals surface area contributed by atoms with Crippen molar-refractivity contribution < 1.29 is 4.79 Å². The number of hydrogen-bond donors (Lipinski definition) is 2. The van der Waals surface area contributed by atoms with Gasteiger partial charge in [-0.1, -0.05) is 20.3 Å². The zero-order valence-corrected chi connectivity index (χ0v) is 9.89. The Labute approximate surface area is 87.6 Å². The molecule has 0 heterocycles. The lowest BCUT2D eigenvalue weighted by Crippen LogP contribution is -2.35. The fraction of sp³-hybridized carbons (Fsp3) is 0.909. The van der Waals surface area contributed by atoms with Crippen LogP contribution in [-0.2, 0) is 4.79 Å². The van der Waals surface area contributed by atoms with E-state index in [1.54, 1.807) is 6.92 Å². The van der Waals surface area contributed by atoms with Crippen molar-refractivity contribution in [3.8, 4) is 0 Å². The molecule has 0 aromatic heterocycles. The fourth-order valence-electron chi connectivity index (χ4n) is 1.41. The molecule has 0 rings (SSSR count). The van der Waals surface area contributed by atoms with Crippen LogP contribution in [0.4, 0.5) is 0 Å². The topological polar surface area (TPSA) is 41.1 Å². The highest BCUT2D eigenvalue weighted by atomic mass is 16.1. The third kappa shape index (κ3) is 8.05. The summed E-state index contributed by atoms with van der Waals surface area (Å²) in [4.78, 5) is 10.6. The van der Waals surface area contributed by atoms with E-state index in [1.807, 2.05) is 0 Å². The van der Waals surface area contributed by atoms with Gasteiger partial charge in [0.05, 0.1) is 0 Å². The molecule has 1 amide bonds. The van der Waals surface area contributed by atoms with Crippen molar-refractivity contribution in [2.24, 2.45) is 5.92 Å². The first-order valence-corrected chi connectivity index (χ1v) is 5.54. The van der Waals surface area contributed by atoms with Crippen molar-refractivity contribution >= 4 is 5.91 Å². The number of nitrogens with one attached hydrogen (secondary N) is 2. The molecule has 2 unspecified atom stereocenters. The highest BCUT2D eigenvalue weighted by Crippen LogP contribution is 2.08. The molecule has 0 aliphatic heterocycles. The maximum Gasteiger partial charge on any atom is 0.216 e. The van der Waals surface area contributed by atoms with E-state index in [-0.39, 0.29) is 5.91 Å². The Morgan fingerprint density at radius 1 is 1.29 bits per heavy atom. The molecule has 14 heavy (non-hydrogen) atoms. The number of amides is 1. The van der Waals surface area contributed by atoms with Crippen LogP contribution < -0.4 is 10.6 Å². The second kappa shape index (κ2) is 7.80. The minimum Gasteiger partial charge on any atom is -0.355 e. The Kier molecular flexibility index (Phi) is 7.48. The molecule has 3 heteroatoms. The Bertz CT molecular complexity index is 159. The molecule has 0 radical (unpaired) electrons. The second-order valence-corrected chi connectivity index (χ2v) is 4.09. The minimum absolute atomic E-state index is 0.0429. The SMILES string of the molecule is CCC(C)CC(C)NCCNC(C)=O. The van der Waals surface area contributed by atoms with Gasteiger partial charge < -0.3 is 10.6 Å². The average Bonchev–Trinajstić information content (AvgIpc) is 2.12. The van der Waals surface area contributed by atoms with Crippen LogP contribution in [-0.4, -0.2) is 25.0 Å². The van der Waals surface area contributed by atoms with Crippen LogP contribution in [0.1, 0.15) is 40.5 Å². The zero-order chi connectivity index (χ0) is 11.0. The molecule has 2 atom stereocenters. The standard InChI is InChI=1S/C11H24N2O/c1-5-9(2)8-10(3)12-6-7-13-11(4)14/h9-10,12H,5-8H2,1-4H3,(H,13,14). The Hall–Kier alpha value is -0.570. The van der Waals surface area contributed by atoms with Crippen LogP contribution in [0.2, 0.25) is 0 Å². The summed E-state index contributed by atoms with van der Waals surface area (Å²) < 4.78 is 0. The Morgan fingerprint density at radius 3 is 2.43 bits per heavy atom. The predicted molar refractivity (Wildman–Crippen MR) is 60.2 cm³/mol. The fourth-order valence-corrected chi connectivity index (χ4v) is 1.41. The van der Waals surface area contributed by atoms with Crippen molar-refractivity contribution in [1.82, 2.24) is 10.6 Å². The molecule has 0 saturated carbocycles. The van der Waals surface area contributed by atoms with Crippen LogP contribution >= 0.6 is 0 Å². The van der Waals surface area contributed by atoms with Gasteiger partial charge in [0.1, 0.15) is 0 Å². The first kappa shape index (κ1) is 13.4. The smallest absolute Gasteiger partial charge is 0.216 e. The van der Waals surface area contributed by atoms with Crippen molar-refractivity contribution in [1.29, 1.82) is 0 Å². The Morgan fingerprint density at radius 2 is 1.93 bits per heavy atom. The van der Waals surface area contributed by atoms with Crippen molar-refractivity contribution in [3.63, 3.8) is 0 Å². The second-order valence-electron chi connectivity index (χ2n) is 4.09. The third-order valence-corrected chi connectivity index (χ3v) is 2.44. The molecule has 0 aliphatic rings. The van der Waals surface area contributed by atoms with Crippen molar-refractivity contribution in [2.45, 2.75) is 46.6 Å². The molecule has 0 aliphatic carbocycles. The Balaban J connectivity index is 3.35. The van der Waals surface area contributed by atoms with E-state index in [9.17, 15) is 4.79 Å². The normalized spacial score (nSPS) is 14.9. The molecule has 2 N–H and O–H groups in total. The average molecular weight is 200 g/mol. The van der Waals surface area contributed by atoms with Gasteiger partial charge in [0, 0.05) is 26.1 Å². The summed E-state index contributed by atoms with van der Waals surface area (Å²) in [6.07, 6.45) is 2.44. The van der Waals surface area contributed by atoms with Crippen LogP contribution in [0.15, 0.2) is 0 Å². The van der Waals surface area contributed by atoms with E-state index in [0.717, 1.165) is 19.0 Å². The van der Waals surface area contributed by atoms with Gasteiger partial charge in [0.25, 0.3) is 0 Å². The molecule has 0 bridgehead atoms. The first-order chi connectivity index (χ1) is 6.56. The van der Waals surface area contributed by atoms with Gasteiger partial charge in [-0.2, -0.15) is 0 Å². The van der Waals surface area contributed by atoms with E-state index in [4.69, 9.17) is 0 Å². The molecule has 84 valence electrons. The highest BCUT2D eigenvalue weighted by Gasteiger charge is 2.05. The predicted octanol–water partition coefficient (Wildman–Crippen LogP) is 1.54. The van der Waals surface area contributed by atoms with Gasteiger partial charge in [0.2, 0.25) is 5.91 Å². The molecular formula is C11H24N2O. The molecule has 0 fully saturated rings. The van der Waals surface area contributed by atoms with Gasteiger partial charge in [-0.3, -0.25) is 4.79 Å². The number of carbonyl (C=O) groups is 1. The third-order valence-electron chi connectivity index (χ3n) is 2.44. The number of carbonyl (C=O) groups excluding carboxylic acids is 1. The minimum atomic E-state index is 0.0429. The maximum absolute atomic E-state index is 10.6. The monoisotopic (exact) mass is 200 g/mol. The van der Waals surface area contributed by atoms with Gasteiger partial charge >= 0.3 is 0 Å². The van der Waals surface area contributed by atoms with E-state index in [0.29, 0.717) is 6.04 Å². The lowest BCUT2D eigenvalue weighted by atomic mass is 10.0. The van der Waals surface area contributed by atoms with Crippen molar-refractivity contribution in [2.75, 3.05) is 13.1 Å². The summed E-state index contributed by atoms with van der Waals surface area (Å²) in [5, 5.41) is 6.16. The van der Waals surface area contributed by atoms with E-state index in [2.05, 4.69) is 31.4 Å². The zero-order valence-electron chi connectivity index (χ0n) is 9.89. The molecule has 0 saturated heterocycles. The lowest BCUT2D eigenvalue weighted by Gasteiger charge is -2.17. The first-order valence-electron chi connectivity index (χ1n) is 5.54. The van der Waals surface area contributed by atoms with Crippen LogP contribution in [0.3, 0.4) is 0 Å². The van der Waals surface area contributed by atoms with Gasteiger partial charge in [-0.05, 0) is 19.3 Å². The highest BCUT2D eigenvalue weighted by molar-refractivity contribution is 5.72.